The van der Waals surface area contributed by atoms with Crippen LogP contribution in [-0.2, 0) is 23.9 Å². The van der Waals surface area contributed by atoms with Gasteiger partial charge in [-0.05, 0) is 32.1 Å². The smallest absolute Gasteiger partial charge is 0.312 e. The number of amides is 2. The van der Waals surface area contributed by atoms with Gasteiger partial charge < -0.3 is 24.4 Å². The Kier molecular flexibility index (Phi) is 8.93. The standard InChI is InChI=1S/C26H40N2O6/c1-5-9-11-15-27(14-7-3)24(31)22-26-13-12-19(34-26)20(25(32)33-16-10-6-2)21(26)23(30)28(22)18(8-4)17-29/h6-7,18-22,29H,2-3,5,8-17H2,1,4H3/t18-,19-,20+,21-,22?,26?/m0/s1. The van der Waals surface area contributed by atoms with Gasteiger partial charge in [0.05, 0.1) is 37.2 Å². The Bertz CT molecular complexity index is 781. The molecule has 3 aliphatic heterocycles. The summed E-state index contributed by atoms with van der Waals surface area (Å²) in [6.45, 7) is 12.3. The second-order valence-corrected chi connectivity index (χ2v) is 9.57. The fourth-order valence-electron chi connectivity index (χ4n) is 5.96. The average Bonchev–Trinajstić information content (AvgIpc) is 3.47. The van der Waals surface area contributed by atoms with Crippen molar-refractivity contribution in [1.82, 2.24) is 9.80 Å². The van der Waals surface area contributed by atoms with Crippen LogP contribution in [0.4, 0.5) is 0 Å². The fraction of sp³-hybridized carbons (Fsp3) is 0.731. The van der Waals surface area contributed by atoms with E-state index in [-0.39, 0.29) is 25.0 Å². The van der Waals surface area contributed by atoms with Gasteiger partial charge in [0.15, 0.2) is 0 Å². The summed E-state index contributed by atoms with van der Waals surface area (Å²) in [5.41, 5.74) is -1.08. The Balaban J connectivity index is 1.97. The van der Waals surface area contributed by atoms with E-state index in [1.807, 2.05) is 6.92 Å². The normalized spacial score (nSPS) is 30.2. The summed E-state index contributed by atoms with van der Waals surface area (Å²) in [6.07, 6.45) is 7.93. The third kappa shape index (κ3) is 4.54. The van der Waals surface area contributed by atoms with E-state index in [2.05, 4.69) is 20.1 Å². The zero-order valence-electron chi connectivity index (χ0n) is 20.6. The molecule has 2 unspecified atom stereocenters. The molecule has 0 radical (unpaired) electrons. The van der Waals surface area contributed by atoms with Crippen LogP contribution in [0.25, 0.3) is 0 Å². The molecule has 6 atom stereocenters. The lowest BCUT2D eigenvalue weighted by Crippen LogP contribution is -2.58. The molecule has 3 aliphatic rings. The summed E-state index contributed by atoms with van der Waals surface area (Å²) in [4.78, 5) is 44.2. The van der Waals surface area contributed by atoms with Crippen LogP contribution >= 0.6 is 0 Å². The van der Waals surface area contributed by atoms with Crippen molar-refractivity contribution in [1.29, 1.82) is 0 Å². The van der Waals surface area contributed by atoms with Crippen molar-refractivity contribution in [3.8, 4) is 0 Å². The van der Waals surface area contributed by atoms with Gasteiger partial charge >= 0.3 is 5.97 Å². The van der Waals surface area contributed by atoms with Gasteiger partial charge in [-0.2, -0.15) is 0 Å². The summed E-state index contributed by atoms with van der Waals surface area (Å²) >= 11 is 0. The minimum atomic E-state index is -1.08. The first-order valence-electron chi connectivity index (χ1n) is 12.7. The Morgan fingerprint density at radius 2 is 2.09 bits per heavy atom. The predicted octanol–water partition coefficient (Wildman–Crippen LogP) is 2.46. The molecule has 3 fully saturated rings. The number of carbonyl (C=O) groups excluding carboxylic acids is 3. The van der Waals surface area contributed by atoms with Crippen molar-refractivity contribution < 1.29 is 29.0 Å². The summed E-state index contributed by atoms with van der Waals surface area (Å²) < 4.78 is 11.9. The molecule has 3 heterocycles. The quantitative estimate of drug-likeness (QED) is 0.235. The highest BCUT2D eigenvalue weighted by Gasteiger charge is 2.75. The highest BCUT2D eigenvalue weighted by atomic mass is 16.6. The molecule has 0 aromatic heterocycles. The molecule has 190 valence electrons. The van der Waals surface area contributed by atoms with Gasteiger partial charge in [-0.3, -0.25) is 14.4 Å². The molecule has 0 aliphatic carbocycles. The first kappa shape index (κ1) is 26.4. The second kappa shape index (κ2) is 11.5. The molecule has 1 N–H and O–H groups in total. The summed E-state index contributed by atoms with van der Waals surface area (Å²) in [5.74, 6) is -2.46. The molecule has 0 aromatic carbocycles. The van der Waals surface area contributed by atoms with Crippen molar-refractivity contribution in [2.24, 2.45) is 11.8 Å². The first-order valence-corrected chi connectivity index (χ1v) is 12.7. The minimum Gasteiger partial charge on any atom is -0.465 e. The van der Waals surface area contributed by atoms with Gasteiger partial charge in [0, 0.05) is 13.1 Å². The fourth-order valence-corrected chi connectivity index (χ4v) is 5.96. The van der Waals surface area contributed by atoms with Crippen LogP contribution < -0.4 is 0 Å². The molecule has 2 bridgehead atoms. The van der Waals surface area contributed by atoms with Gasteiger partial charge in [-0.25, -0.2) is 0 Å². The molecule has 3 saturated heterocycles. The number of hydrogen-bond acceptors (Lipinski definition) is 6. The van der Waals surface area contributed by atoms with Crippen LogP contribution in [0.1, 0.15) is 58.8 Å². The number of nitrogens with zero attached hydrogens (tertiary/aromatic N) is 2. The maximum atomic E-state index is 14.0. The topological polar surface area (TPSA) is 96.4 Å². The van der Waals surface area contributed by atoms with Crippen molar-refractivity contribution in [2.45, 2.75) is 82.6 Å². The third-order valence-electron chi connectivity index (χ3n) is 7.58. The molecule has 34 heavy (non-hydrogen) atoms. The van der Waals surface area contributed by atoms with Crippen LogP contribution in [-0.4, -0.2) is 82.8 Å². The van der Waals surface area contributed by atoms with Gasteiger partial charge in [0.2, 0.25) is 11.8 Å². The van der Waals surface area contributed by atoms with E-state index in [0.29, 0.717) is 38.8 Å². The van der Waals surface area contributed by atoms with E-state index in [0.717, 1.165) is 19.3 Å². The van der Waals surface area contributed by atoms with Crippen LogP contribution in [0.15, 0.2) is 25.3 Å². The Morgan fingerprint density at radius 1 is 1.32 bits per heavy atom. The van der Waals surface area contributed by atoms with E-state index in [1.165, 1.54) is 4.90 Å². The molecular weight excluding hydrogens is 436 g/mol. The van der Waals surface area contributed by atoms with Crippen LogP contribution in [0.3, 0.4) is 0 Å². The third-order valence-corrected chi connectivity index (χ3v) is 7.58. The van der Waals surface area contributed by atoms with E-state index < -0.39 is 41.6 Å². The largest absolute Gasteiger partial charge is 0.465 e. The zero-order chi connectivity index (χ0) is 24.9. The number of rotatable bonds is 14. The lowest BCUT2D eigenvalue weighted by atomic mass is 9.70. The number of esters is 1. The SMILES string of the molecule is C=CCCOC(=O)[C@@H]1[C@@H]2CCC3(O2)C(C(=O)N(CC=C)CCCCC)N([C@@H](CC)CO)C(=O)[C@H]13. The highest BCUT2D eigenvalue weighted by molar-refractivity contribution is 5.98. The summed E-state index contributed by atoms with van der Waals surface area (Å²) in [6, 6.07) is -1.40. The molecule has 1 spiro atoms. The van der Waals surface area contributed by atoms with Crippen molar-refractivity contribution in [3.63, 3.8) is 0 Å². The minimum absolute atomic E-state index is 0.194. The molecule has 0 saturated carbocycles. The van der Waals surface area contributed by atoms with E-state index >= 15 is 0 Å². The Hall–Kier alpha value is -2.19. The van der Waals surface area contributed by atoms with Crippen LogP contribution in [0.5, 0.6) is 0 Å². The van der Waals surface area contributed by atoms with E-state index in [9.17, 15) is 19.5 Å². The number of carbonyl (C=O) groups is 3. The number of hydrogen-bond donors (Lipinski definition) is 1. The summed E-state index contributed by atoms with van der Waals surface area (Å²) in [5, 5.41) is 10.1. The Labute approximate surface area is 202 Å². The van der Waals surface area contributed by atoms with Gasteiger partial charge in [0.25, 0.3) is 0 Å². The molecule has 8 nitrogen and oxygen atoms in total. The first-order chi connectivity index (χ1) is 16.4. The van der Waals surface area contributed by atoms with E-state index in [4.69, 9.17) is 9.47 Å². The average molecular weight is 477 g/mol. The predicted molar refractivity (Wildman–Crippen MR) is 128 cm³/mol. The van der Waals surface area contributed by atoms with Crippen molar-refractivity contribution in [2.75, 3.05) is 26.3 Å². The highest BCUT2D eigenvalue weighted by Crippen LogP contribution is 2.59. The molecular formula is C26H40N2O6. The number of likely N-dealkylation sites (tertiary alicyclic amines) is 1. The van der Waals surface area contributed by atoms with Crippen LogP contribution in [0, 0.1) is 11.8 Å². The van der Waals surface area contributed by atoms with Gasteiger partial charge in [0.1, 0.15) is 11.6 Å². The lowest BCUT2D eigenvalue weighted by molar-refractivity contribution is -0.156. The van der Waals surface area contributed by atoms with E-state index in [1.54, 1.807) is 17.1 Å². The molecule has 2 amide bonds. The molecule has 0 aromatic rings. The number of fused-ring (bicyclic) bond motifs is 1. The maximum Gasteiger partial charge on any atom is 0.312 e. The second-order valence-electron chi connectivity index (χ2n) is 9.57. The molecule has 3 rings (SSSR count). The number of unbranched alkanes of at least 4 members (excludes halogenated alkanes) is 2. The number of aliphatic hydroxyl groups is 1. The van der Waals surface area contributed by atoms with Crippen LogP contribution in [0.2, 0.25) is 0 Å². The summed E-state index contributed by atoms with van der Waals surface area (Å²) in [7, 11) is 0. The monoisotopic (exact) mass is 476 g/mol. The lowest BCUT2D eigenvalue weighted by Gasteiger charge is -2.39. The number of aliphatic hydroxyl groups excluding tert-OH is 1. The van der Waals surface area contributed by atoms with Crippen molar-refractivity contribution in [3.05, 3.63) is 25.3 Å². The van der Waals surface area contributed by atoms with Gasteiger partial charge in [-0.1, -0.05) is 38.8 Å². The maximum absolute atomic E-state index is 14.0. The molecule has 8 heteroatoms. The Morgan fingerprint density at radius 3 is 2.71 bits per heavy atom. The number of ether oxygens (including phenoxy) is 2. The van der Waals surface area contributed by atoms with Gasteiger partial charge in [-0.15, -0.1) is 13.2 Å². The van der Waals surface area contributed by atoms with Crippen molar-refractivity contribution >= 4 is 17.8 Å². The zero-order valence-corrected chi connectivity index (χ0v) is 20.6.